The van der Waals surface area contributed by atoms with Gasteiger partial charge in [0.1, 0.15) is 17.1 Å². The summed E-state index contributed by atoms with van der Waals surface area (Å²) in [7, 11) is 1.56. The summed E-state index contributed by atoms with van der Waals surface area (Å²) in [6.45, 7) is 2.04. The van der Waals surface area contributed by atoms with Gasteiger partial charge in [0.2, 0.25) is 0 Å². The number of aryl methyl sites for hydroxylation is 1. The number of hydrogen-bond acceptors (Lipinski definition) is 6. The summed E-state index contributed by atoms with van der Waals surface area (Å²) < 4.78 is 7.27. The van der Waals surface area contributed by atoms with Crippen molar-refractivity contribution >= 4 is 63.2 Å². The van der Waals surface area contributed by atoms with Crippen molar-refractivity contribution in [3.05, 3.63) is 87.1 Å². The number of nitrogens with zero attached hydrogens (tertiary/aromatic N) is 4. The zero-order chi connectivity index (χ0) is 22.9. The molecule has 3 aromatic heterocycles. The molecule has 166 valence electrons. The van der Waals surface area contributed by atoms with Gasteiger partial charge in [-0.05, 0) is 54.3 Å². The number of fused-ring (bicyclic) bond motifs is 1. The van der Waals surface area contributed by atoms with E-state index in [1.165, 1.54) is 11.8 Å². The van der Waals surface area contributed by atoms with Crippen LogP contribution in [0.2, 0.25) is 5.02 Å². The smallest absolute Gasteiger partial charge is 0.283 e. The molecule has 1 aromatic carbocycles. The van der Waals surface area contributed by atoms with Gasteiger partial charge in [0.05, 0.1) is 23.5 Å². The average Bonchev–Trinajstić information content (AvgIpc) is 3.53. The van der Waals surface area contributed by atoms with Crippen LogP contribution >= 0.6 is 34.7 Å². The molecular formula is C24H19ClN4O2S2. The number of thioether (sulfide) groups is 1. The molecule has 0 spiro atoms. The Balaban J connectivity index is 1.48. The van der Waals surface area contributed by atoms with Crippen molar-refractivity contribution in [1.29, 1.82) is 0 Å². The monoisotopic (exact) mass is 494 g/mol. The van der Waals surface area contributed by atoms with E-state index >= 15 is 0 Å². The zero-order valence-corrected chi connectivity index (χ0v) is 20.2. The van der Waals surface area contributed by atoms with Crippen LogP contribution in [0.5, 0.6) is 5.75 Å². The second kappa shape index (κ2) is 9.05. The van der Waals surface area contributed by atoms with E-state index in [9.17, 15) is 4.79 Å². The third-order valence-electron chi connectivity index (χ3n) is 5.12. The van der Waals surface area contributed by atoms with Gasteiger partial charge in [-0.2, -0.15) is 0 Å². The van der Waals surface area contributed by atoms with Gasteiger partial charge in [-0.25, -0.2) is 9.98 Å². The molecule has 0 saturated heterocycles. The highest BCUT2D eigenvalue weighted by Gasteiger charge is 2.32. The number of hydrogen-bond donors (Lipinski definition) is 0. The standard InChI is InChI=1S/C24H19ClN4O2S2/c1-15-5-3-9-28-13-16(26-22(15)28)14-33-24-27-20(12-18-6-4-10-32-18)23(30)29(24)17-7-8-21(31-2)19(25)11-17/h3-13H,14H2,1-2H3. The van der Waals surface area contributed by atoms with E-state index in [0.717, 1.165) is 21.8 Å². The molecule has 0 saturated carbocycles. The Labute approximate surface area is 204 Å². The maximum absolute atomic E-state index is 13.3. The summed E-state index contributed by atoms with van der Waals surface area (Å²) in [5.74, 6) is 0.922. The minimum atomic E-state index is -0.196. The molecule has 0 N–H and O–H groups in total. The quantitative estimate of drug-likeness (QED) is 0.317. The van der Waals surface area contributed by atoms with E-state index < -0.39 is 0 Å². The largest absolute Gasteiger partial charge is 0.495 e. The number of amidine groups is 1. The number of imidazole rings is 1. The molecule has 4 aromatic rings. The Kier molecular flexibility index (Phi) is 5.97. The summed E-state index contributed by atoms with van der Waals surface area (Å²) in [6, 6.07) is 13.2. The first kappa shape index (κ1) is 21.8. The van der Waals surface area contributed by atoms with E-state index in [1.807, 2.05) is 59.4 Å². The lowest BCUT2D eigenvalue weighted by Crippen LogP contribution is -2.30. The van der Waals surface area contributed by atoms with E-state index in [2.05, 4.69) is 4.99 Å². The molecule has 1 aliphatic rings. The molecule has 5 rings (SSSR count). The first-order valence-corrected chi connectivity index (χ1v) is 12.4. The van der Waals surface area contributed by atoms with Crippen molar-refractivity contribution in [3.63, 3.8) is 0 Å². The van der Waals surface area contributed by atoms with Crippen LogP contribution in [-0.4, -0.2) is 27.6 Å². The summed E-state index contributed by atoms with van der Waals surface area (Å²) in [5.41, 5.74) is 3.97. The number of carbonyl (C=O) groups excluding carboxylic acids is 1. The molecule has 0 atom stereocenters. The van der Waals surface area contributed by atoms with Crippen LogP contribution in [0.25, 0.3) is 11.7 Å². The summed E-state index contributed by atoms with van der Waals surface area (Å²) in [5, 5.41) is 2.98. The Morgan fingerprint density at radius 3 is 2.85 bits per heavy atom. The van der Waals surface area contributed by atoms with Crippen molar-refractivity contribution in [2.45, 2.75) is 12.7 Å². The number of aromatic nitrogens is 2. The summed E-state index contributed by atoms with van der Waals surface area (Å²) >= 11 is 9.37. The molecular weight excluding hydrogens is 476 g/mol. The first-order valence-electron chi connectivity index (χ1n) is 10.1. The average molecular weight is 495 g/mol. The van der Waals surface area contributed by atoms with E-state index in [1.54, 1.807) is 41.5 Å². The highest BCUT2D eigenvalue weighted by atomic mass is 35.5. The number of ether oxygens (including phenoxy) is 1. The predicted octanol–water partition coefficient (Wildman–Crippen LogP) is 6.04. The van der Waals surface area contributed by atoms with Gasteiger partial charge < -0.3 is 9.14 Å². The molecule has 1 amide bonds. The molecule has 0 aliphatic carbocycles. The van der Waals surface area contributed by atoms with Gasteiger partial charge in [-0.1, -0.05) is 35.5 Å². The number of aliphatic imine (C=N–C) groups is 1. The molecule has 0 bridgehead atoms. The number of anilines is 1. The van der Waals surface area contributed by atoms with Gasteiger partial charge in [0.25, 0.3) is 5.91 Å². The van der Waals surface area contributed by atoms with Crippen molar-refractivity contribution in [2.75, 3.05) is 12.0 Å². The first-order chi connectivity index (χ1) is 16.0. The molecule has 0 radical (unpaired) electrons. The predicted molar refractivity (Wildman–Crippen MR) is 136 cm³/mol. The highest BCUT2D eigenvalue weighted by Crippen LogP contribution is 2.35. The van der Waals surface area contributed by atoms with Gasteiger partial charge in [-0.15, -0.1) is 11.3 Å². The van der Waals surface area contributed by atoms with Crippen molar-refractivity contribution in [1.82, 2.24) is 9.38 Å². The number of pyridine rings is 1. The van der Waals surface area contributed by atoms with Gasteiger partial charge in [0, 0.05) is 23.0 Å². The van der Waals surface area contributed by atoms with E-state index in [4.69, 9.17) is 21.3 Å². The number of halogens is 1. The van der Waals surface area contributed by atoms with Crippen molar-refractivity contribution in [2.24, 2.45) is 4.99 Å². The van der Waals surface area contributed by atoms with Gasteiger partial charge in [0.15, 0.2) is 5.17 Å². The SMILES string of the molecule is COc1ccc(N2C(=O)C(=Cc3cccs3)N=C2SCc2cn3cccc(C)c3n2)cc1Cl. The molecule has 6 nitrogen and oxygen atoms in total. The third-order valence-corrected chi connectivity index (χ3v) is 7.21. The highest BCUT2D eigenvalue weighted by molar-refractivity contribution is 8.13. The third kappa shape index (κ3) is 4.29. The van der Waals surface area contributed by atoms with Crippen LogP contribution in [0.4, 0.5) is 5.69 Å². The maximum atomic E-state index is 13.3. The van der Waals surface area contributed by atoms with Crippen LogP contribution in [0.1, 0.15) is 16.1 Å². The minimum Gasteiger partial charge on any atom is -0.495 e. The Hall–Kier alpha value is -3.07. The van der Waals surface area contributed by atoms with E-state index in [-0.39, 0.29) is 5.91 Å². The molecule has 0 fully saturated rings. The molecule has 4 heterocycles. The molecule has 1 aliphatic heterocycles. The van der Waals surface area contributed by atoms with Crippen LogP contribution < -0.4 is 9.64 Å². The fourth-order valence-corrected chi connectivity index (χ4v) is 5.34. The number of benzene rings is 1. The normalized spacial score (nSPS) is 15.0. The topological polar surface area (TPSA) is 59.2 Å². The van der Waals surface area contributed by atoms with Crippen LogP contribution in [0.3, 0.4) is 0 Å². The van der Waals surface area contributed by atoms with Gasteiger partial charge in [-0.3, -0.25) is 9.69 Å². The number of thiophene rings is 1. The fraction of sp³-hybridized carbons (Fsp3) is 0.125. The van der Waals surface area contributed by atoms with Crippen molar-refractivity contribution in [3.8, 4) is 5.75 Å². The number of amides is 1. The zero-order valence-electron chi connectivity index (χ0n) is 17.9. The summed E-state index contributed by atoms with van der Waals surface area (Å²) in [4.78, 5) is 25.3. The molecule has 33 heavy (non-hydrogen) atoms. The lowest BCUT2D eigenvalue weighted by atomic mass is 10.2. The van der Waals surface area contributed by atoms with Crippen LogP contribution in [-0.2, 0) is 10.5 Å². The number of rotatable bonds is 5. The van der Waals surface area contributed by atoms with Gasteiger partial charge >= 0.3 is 0 Å². The molecule has 9 heteroatoms. The fourth-order valence-electron chi connectivity index (χ4n) is 3.54. The van der Waals surface area contributed by atoms with Crippen LogP contribution in [0, 0.1) is 6.92 Å². The Morgan fingerprint density at radius 1 is 1.24 bits per heavy atom. The Bertz CT molecular complexity index is 1410. The minimum absolute atomic E-state index is 0.196. The number of carbonyl (C=O) groups is 1. The second-order valence-corrected chi connectivity index (χ2v) is 9.67. The lowest BCUT2D eigenvalue weighted by Gasteiger charge is -2.18. The molecule has 0 unspecified atom stereocenters. The maximum Gasteiger partial charge on any atom is 0.283 e. The lowest BCUT2D eigenvalue weighted by molar-refractivity contribution is -0.113. The van der Waals surface area contributed by atoms with Crippen LogP contribution in [0.15, 0.2) is 70.9 Å². The Morgan fingerprint density at radius 2 is 2.12 bits per heavy atom. The second-order valence-electron chi connectivity index (χ2n) is 7.34. The summed E-state index contributed by atoms with van der Waals surface area (Å²) in [6.07, 6.45) is 5.80. The van der Waals surface area contributed by atoms with Crippen molar-refractivity contribution < 1.29 is 9.53 Å². The number of methoxy groups -OCH3 is 1. The van der Waals surface area contributed by atoms with E-state index in [0.29, 0.717) is 33.1 Å².